The summed E-state index contributed by atoms with van der Waals surface area (Å²) in [6.07, 6.45) is 5.10. The molecule has 0 radical (unpaired) electrons. The molecular formula is C7H9NO2. The first-order valence-corrected chi connectivity index (χ1v) is 3.10. The normalized spacial score (nSPS) is 32.5. The molecule has 1 aliphatic rings. The molecule has 0 N–H and O–H groups in total. The Balaban J connectivity index is 2.66. The Bertz CT molecular complexity index is 158. The van der Waals surface area contributed by atoms with Gasteiger partial charge in [-0.2, -0.15) is 0 Å². The van der Waals surface area contributed by atoms with E-state index >= 15 is 0 Å². The molecule has 0 spiro atoms. The van der Waals surface area contributed by atoms with Crippen molar-refractivity contribution in [3.05, 3.63) is 12.2 Å². The lowest BCUT2D eigenvalue weighted by atomic mass is 10.3. The molecule has 0 saturated heterocycles. The minimum absolute atomic E-state index is 0.213. The third kappa shape index (κ3) is 0.998. The SMILES string of the molecule is CN1C(C=O)C=CC1C=O. The highest BCUT2D eigenvalue weighted by atomic mass is 16.1. The molecule has 0 aromatic carbocycles. The van der Waals surface area contributed by atoms with Gasteiger partial charge >= 0.3 is 0 Å². The van der Waals surface area contributed by atoms with Crippen molar-refractivity contribution in [3.63, 3.8) is 0 Å². The molecule has 2 atom stereocenters. The zero-order valence-electron chi connectivity index (χ0n) is 5.73. The van der Waals surface area contributed by atoms with E-state index in [9.17, 15) is 9.59 Å². The van der Waals surface area contributed by atoms with E-state index in [4.69, 9.17) is 0 Å². The highest BCUT2D eigenvalue weighted by molar-refractivity contribution is 5.69. The molecule has 3 heteroatoms. The van der Waals surface area contributed by atoms with Crippen LogP contribution in [-0.2, 0) is 9.59 Å². The zero-order valence-corrected chi connectivity index (χ0v) is 5.73. The van der Waals surface area contributed by atoms with Crippen molar-refractivity contribution in [1.29, 1.82) is 0 Å². The molecule has 1 heterocycles. The summed E-state index contributed by atoms with van der Waals surface area (Å²) in [5.41, 5.74) is 0. The summed E-state index contributed by atoms with van der Waals surface area (Å²) >= 11 is 0. The third-order valence-corrected chi connectivity index (χ3v) is 1.72. The Morgan fingerprint density at radius 3 is 1.80 bits per heavy atom. The van der Waals surface area contributed by atoms with Gasteiger partial charge in [0.2, 0.25) is 0 Å². The highest BCUT2D eigenvalue weighted by Crippen LogP contribution is 2.09. The van der Waals surface area contributed by atoms with Crippen molar-refractivity contribution >= 4 is 12.6 Å². The van der Waals surface area contributed by atoms with Crippen LogP contribution in [0.4, 0.5) is 0 Å². The van der Waals surface area contributed by atoms with E-state index in [1.807, 2.05) is 0 Å². The van der Waals surface area contributed by atoms with Crippen LogP contribution in [0.1, 0.15) is 0 Å². The first-order valence-electron chi connectivity index (χ1n) is 3.10. The number of carbonyl (C=O) groups excluding carboxylic acids is 2. The van der Waals surface area contributed by atoms with E-state index in [2.05, 4.69) is 0 Å². The highest BCUT2D eigenvalue weighted by Gasteiger charge is 2.23. The van der Waals surface area contributed by atoms with Crippen molar-refractivity contribution < 1.29 is 9.59 Å². The monoisotopic (exact) mass is 139 g/mol. The fourth-order valence-electron chi connectivity index (χ4n) is 0.981. The molecule has 54 valence electrons. The zero-order chi connectivity index (χ0) is 7.56. The van der Waals surface area contributed by atoms with Crippen LogP contribution in [0.3, 0.4) is 0 Å². The molecule has 3 nitrogen and oxygen atoms in total. The lowest BCUT2D eigenvalue weighted by Crippen LogP contribution is -2.34. The van der Waals surface area contributed by atoms with E-state index in [0.717, 1.165) is 12.6 Å². The quantitative estimate of drug-likeness (QED) is 0.386. The summed E-state index contributed by atoms with van der Waals surface area (Å²) in [7, 11) is 1.75. The van der Waals surface area contributed by atoms with Crippen LogP contribution in [0.2, 0.25) is 0 Å². The number of aldehydes is 2. The first-order chi connectivity index (χ1) is 4.79. The van der Waals surface area contributed by atoms with Crippen LogP contribution in [0.5, 0.6) is 0 Å². The molecular weight excluding hydrogens is 130 g/mol. The van der Waals surface area contributed by atoms with Crippen LogP contribution in [0.15, 0.2) is 12.2 Å². The van der Waals surface area contributed by atoms with Crippen LogP contribution in [-0.4, -0.2) is 36.6 Å². The van der Waals surface area contributed by atoms with Gasteiger partial charge in [-0.05, 0) is 7.05 Å². The van der Waals surface area contributed by atoms with Gasteiger partial charge in [0.25, 0.3) is 0 Å². The summed E-state index contributed by atoms with van der Waals surface area (Å²) in [5, 5.41) is 0. The van der Waals surface area contributed by atoms with Gasteiger partial charge in [0.15, 0.2) is 0 Å². The van der Waals surface area contributed by atoms with Crippen molar-refractivity contribution in [1.82, 2.24) is 4.90 Å². The number of carbonyl (C=O) groups is 2. The van der Waals surface area contributed by atoms with Crippen molar-refractivity contribution in [2.24, 2.45) is 0 Å². The predicted molar refractivity (Wildman–Crippen MR) is 36.6 cm³/mol. The van der Waals surface area contributed by atoms with E-state index < -0.39 is 0 Å². The summed E-state index contributed by atoms with van der Waals surface area (Å²) in [6, 6.07) is -0.426. The van der Waals surface area contributed by atoms with Crippen LogP contribution < -0.4 is 0 Å². The summed E-state index contributed by atoms with van der Waals surface area (Å²) in [5.74, 6) is 0. The van der Waals surface area contributed by atoms with Gasteiger partial charge in [-0.3, -0.25) is 4.90 Å². The topological polar surface area (TPSA) is 37.4 Å². The van der Waals surface area contributed by atoms with Crippen molar-refractivity contribution in [2.45, 2.75) is 12.1 Å². The van der Waals surface area contributed by atoms with Gasteiger partial charge in [-0.15, -0.1) is 0 Å². The number of rotatable bonds is 2. The third-order valence-electron chi connectivity index (χ3n) is 1.72. The number of hydrogen-bond acceptors (Lipinski definition) is 3. The molecule has 0 aromatic rings. The second kappa shape index (κ2) is 2.75. The van der Waals surface area contributed by atoms with Crippen molar-refractivity contribution in [3.8, 4) is 0 Å². The first kappa shape index (κ1) is 7.15. The molecule has 1 rings (SSSR count). The van der Waals surface area contributed by atoms with E-state index in [0.29, 0.717) is 0 Å². The smallest absolute Gasteiger partial charge is 0.141 e. The maximum Gasteiger partial charge on any atom is 0.141 e. The Labute approximate surface area is 59.3 Å². The minimum atomic E-state index is -0.213. The second-order valence-corrected chi connectivity index (χ2v) is 2.30. The van der Waals surface area contributed by atoms with Gasteiger partial charge in [0, 0.05) is 0 Å². The number of hydrogen-bond donors (Lipinski definition) is 0. The summed E-state index contributed by atoms with van der Waals surface area (Å²) in [6.45, 7) is 0. The average Bonchev–Trinajstić information content (AvgIpc) is 2.30. The lowest BCUT2D eigenvalue weighted by Gasteiger charge is -2.17. The molecule has 0 saturated carbocycles. The molecule has 10 heavy (non-hydrogen) atoms. The Kier molecular flexibility index (Phi) is 1.97. The minimum Gasteiger partial charge on any atom is -0.301 e. The summed E-state index contributed by atoms with van der Waals surface area (Å²) < 4.78 is 0. The standard InChI is InChI=1S/C7H9NO2/c1-8-6(4-9)2-3-7(8)5-10/h2-7H,1H3. The molecule has 0 bridgehead atoms. The van der Waals surface area contributed by atoms with Crippen LogP contribution in [0.25, 0.3) is 0 Å². The summed E-state index contributed by atoms with van der Waals surface area (Å²) in [4.78, 5) is 22.2. The molecule has 0 aromatic heterocycles. The van der Waals surface area contributed by atoms with Gasteiger partial charge in [0.05, 0.1) is 12.1 Å². The fourth-order valence-corrected chi connectivity index (χ4v) is 0.981. The van der Waals surface area contributed by atoms with Gasteiger partial charge < -0.3 is 9.59 Å². The maximum atomic E-state index is 10.3. The Hall–Kier alpha value is -0.960. The van der Waals surface area contributed by atoms with Gasteiger partial charge in [-0.1, -0.05) is 12.2 Å². The molecule has 0 fully saturated rings. The lowest BCUT2D eigenvalue weighted by molar-refractivity contribution is -0.113. The second-order valence-electron chi connectivity index (χ2n) is 2.30. The van der Waals surface area contributed by atoms with E-state index in [-0.39, 0.29) is 12.1 Å². The molecule has 0 amide bonds. The van der Waals surface area contributed by atoms with Crippen LogP contribution in [0, 0.1) is 0 Å². The van der Waals surface area contributed by atoms with Gasteiger partial charge in [0.1, 0.15) is 12.6 Å². The predicted octanol–water partition coefficient (Wildman–Crippen LogP) is -0.377. The van der Waals surface area contributed by atoms with E-state index in [1.165, 1.54) is 0 Å². The van der Waals surface area contributed by atoms with Gasteiger partial charge in [-0.25, -0.2) is 0 Å². The fraction of sp³-hybridized carbons (Fsp3) is 0.429. The molecule has 1 aliphatic heterocycles. The molecule has 2 unspecified atom stereocenters. The maximum absolute atomic E-state index is 10.3. The Morgan fingerprint density at radius 1 is 1.20 bits per heavy atom. The van der Waals surface area contributed by atoms with Crippen LogP contribution >= 0.6 is 0 Å². The average molecular weight is 139 g/mol. The van der Waals surface area contributed by atoms with E-state index in [1.54, 1.807) is 24.1 Å². The number of likely N-dealkylation sites (N-methyl/N-ethyl adjacent to an activating group) is 1. The van der Waals surface area contributed by atoms with Crippen molar-refractivity contribution in [2.75, 3.05) is 7.05 Å². The number of nitrogens with zero attached hydrogens (tertiary/aromatic N) is 1. The Morgan fingerprint density at radius 2 is 1.60 bits per heavy atom. The largest absolute Gasteiger partial charge is 0.301 e. The molecule has 0 aliphatic carbocycles.